The lowest BCUT2D eigenvalue weighted by Gasteiger charge is -2.34. The van der Waals surface area contributed by atoms with Crippen LogP contribution in [0.4, 0.5) is 21.6 Å². The predicted molar refractivity (Wildman–Crippen MR) is 257 cm³/mol. The fraction of sp³-hybridized carbons (Fsp3) is 0.333. The van der Waals surface area contributed by atoms with Crippen LogP contribution in [0, 0.1) is 5.82 Å². The van der Waals surface area contributed by atoms with Crippen molar-refractivity contribution in [1.82, 2.24) is 39.8 Å². The topological polar surface area (TPSA) is 253 Å². The van der Waals surface area contributed by atoms with E-state index in [9.17, 15) is 38.0 Å². The Bertz CT molecular complexity index is 2900. The fourth-order valence-electron chi connectivity index (χ4n) is 9.19. The molecule has 2 atom stereocenters. The lowest BCUT2D eigenvalue weighted by atomic mass is 10.0. The van der Waals surface area contributed by atoms with Gasteiger partial charge in [0.1, 0.15) is 17.6 Å². The van der Waals surface area contributed by atoms with Gasteiger partial charge in [0, 0.05) is 73.9 Å². The molecule has 3 saturated heterocycles. The Kier molecular flexibility index (Phi) is 14.8. The van der Waals surface area contributed by atoms with E-state index in [4.69, 9.17) is 15.2 Å². The highest BCUT2D eigenvalue weighted by Gasteiger charge is 2.42. The number of aromatic nitrogens is 4. The standard InChI is InChI=1S/C51H52FN11O9/c52-34-9-11-35(12-10-34)57-49(68)46(32-6-2-1-3-7-32)72-51(70)45-47(53)54-29-40(58-45)33-28-55-62(30-33)37-15-19-60(20-16-37)23-24-71-38-17-21-61(22-18-38)43(65)26-31-5-4-8-36(25-31)56-39-27-44(66)63(50(39)69)41-13-14-42(64)59-48(41)67/h1-12,25,27-30,37-38,41,46,56H,13-24,26H2,(H2,53,54)(H,57,68)(H,59,64,67)/t41?,46-/m1/s1. The number of carbonyl (C=O) groups is 7. The van der Waals surface area contributed by atoms with Crippen LogP contribution in [-0.2, 0) is 44.7 Å². The highest BCUT2D eigenvalue weighted by molar-refractivity contribution is 6.20. The molecule has 72 heavy (non-hydrogen) atoms. The SMILES string of the molecule is Nc1ncc(-c2cnn(C3CCN(CCOC4CCN(C(=O)Cc5cccc(NC6=CC(=O)N(C7CCC(=O)NC7=O)C6=O)c5)CC4)CC3)c2)nc1C(=O)O[C@@H](C(=O)Nc1ccc(F)cc1)c1ccccc1. The summed E-state index contributed by atoms with van der Waals surface area (Å²) in [6.07, 6.45) is 8.14. The molecule has 0 aliphatic carbocycles. The van der Waals surface area contributed by atoms with Crippen molar-refractivity contribution >= 4 is 58.6 Å². The minimum Gasteiger partial charge on any atom is -0.442 e. The van der Waals surface area contributed by atoms with E-state index in [1.807, 2.05) is 21.8 Å². The Hall–Kier alpha value is -8.17. The van der Waals surface area contributed by atoms with Gasteiger partial charge in [-0.3, -0.25) is 43.7 Å². The van der Waals surface area contributed by atoms with E-state index in [-0.39, 0.29) is 54.5 Å². The van der Waals surface area contributed by atoms with E-state index in [1.165, 1.54) is 30.5 Å². The van der Waals surface area contributed by atoms with Gasteiger partial charge in [0.15, 0.2) is 11.5 Å². The summed E-state index contributed by atoms with van der Waals surface area (Å²) in [4.78, 5) is 104. The molecule has 9 rings (SSSR count). The summed E-state index contributed by atoms with van der Waals surface area (Å²) >= 11 is 0. The zero-order valence-electron chi connectivity index (χ0n) is 39.1. The van der Waals surface area contributed by atoms with E-state index < -0.39 is 53.5 Å². The first kappa shape index (κ1) is 48.8. The van der Waals surface area contributed by atoms with Crippen molar-refractivity contribution in [3.63, 3.8) is 0 Å². The summed E-state index contributed by atoms with van der Waals surface area (Å²) < 4.78 is 27.4. The van der Waals surface area contributed by atoms with Gasteiger partial charge in [-0.1, -0.05) is 42.5 Å². The van der Waals surface area contributed by atoms with E-state index in [0.29, 0.717) is 47.9 Å². The van der Waals surface area contributed by atoms with Gasteiger partial charge in [-0.25, -0.2) is 19.2 Å². The highest BCUT2D eigenvalue weighted by atomic mass is 19.1. The number of hydrogen-bond donors (Lipinski definition) is 4. The molecule has 5 aromatic rings. The number of piperidine rings is 3. The molecule has 0 saturated carbocycles. The zero-order valence-corrected chi connectivity index (χ0v) is 39.1. The molecule has 21 heteroatoms. The summed E-state index contributed by atoms with van der Waals surface area (Å²) in [5.74, 6) is -4.71. The molecule has 0 bridgehead atoms. The minimum absolute atomic E-state index is 0.00173. The average Bonchev–Trinajstić information content (AvgIpc) is 3.98. The Labute approximate surface area is 412 Å². The monoisotopic (exact) mass is 981 g/mol. The number of nitrogen functional groups attached to an aromatic ring is 1. The molecule has 2 aromatic heterocycles. The van der Waals surface area contributed by atoms with E-state index in [2.05, 4.69) is 35.9 Å². The Balaban J connectivity index is 0.699. The van der Waals surface area contributed by atoms with Gasteiger partial charge in [0.2, 0.25) is 23.8 Å². The number of nitrogens with zero attached hydrogens (tertiary/aromatic N) is 7. The Morgan fingerprint density at radius 1 is 0.875 bits per heavy atom. The molecule has 0 radical (unpaired) electrons. The van der Waals surface area contributed by atoms with Gasteiger partial charge in [-0.05, 0) is 74.1 Å². The average molecular weight is 982 g/mol. The van der Waals surface area contributed by atoms with Crippen LogP contribution in [0.15, 0.2) is 109 Å². The molecule has 20 nitrogen and oxygen atoms in total. The summed E-state index contributed by atoms with van der Waals surface area (Å²) in [6.45, 7) is 4.16. The molecule has 0 spiro atoms. The van der Waals surface area contributed by atoms with Crippen LogP contribution in [0.25, 0.3) is 11.3 Å². The molecule has 5 N–H and O–H groups in total. The number of carbonyl (C=O) groups excluding carboxylic acids is 7. The van der Waals surface area contributed by atoms with Crippen molar-refractivity contribution in [2.45, 2.75) is 69.2 Å². The third-order valence-electron chi connectivity index (χ3n) is 13.1. The number of ether oxygens (including phenoxy) is 2. The summed E-state index contributed by atoms with van der Waals surface area (Å²) in [7, 11) is 0. The molecule has 3 fully saturated rings. The number of nitrogens with two attached hydrogens (primary N) is 1. The quantitative estimate of drug-likeness (QED) is 0.0807. The second-order valence-electron chi connectivity index (χ2n) is 18.0. The highest BCUT2D eigenvalue weighted by Crippen LogP contribution is 2.28. The maximum atomic E-state index is 13.6. The largest absolute Gasteiger partial charge is 0.442 e. The first-order chi connectivity index (χ1) is 34.8. The van der Waals surface area contributed by atoms with Crippen LogP contribution in [0.1, 0.15) is 72.3 Å². The van der Waals surface area contributed by atoms with Gasteiger partial charge in [-0.2, -0.15) is 5.10 Å². The molecule has 6 amide bonds. The van der Waals surface area contributed by atoms with Gasteiger partial charge in [-0.15, -0.1) is 0 Å². The van der Waals surface area contributed by atoms with Crippen molar-refractivity contribution in [1.29, 1.82) is 0 Å². The number of anilines is 3. The van der Waals surface area contributed by atoms with Gasteiger partial charge < -0.3 is 35.6 Å². The van der Waals surface area contributed by atoms with E-state index >= 15 is 0 Å². The second-order valence-corrected chi connectivity index (χ2v) is 18.0. The number of hydrogen-bond acceptors (Lipinski definition) is 15. The fourth-order valence-corrected chi connectivity index (χ4v) is 9.19. The van der Waals surface area contributed by atoms with Crippen LogP contribution < -0.4 is 21.7 Å². The molecular formula is C51H52FN11O9. The molecular weight excluding hydrogens is 930 g/mol. The molecule has 6 heterocycles. The molecule has 3 aromatic carbocycles. The van der Waals surface area contributed by atoms with Crippen LogP contribution in [0.5, 0.6) is 0 Å². The lowest BCUT2D eigenvalue weighted by molar-refractivity contribution is -0.149. The van der Waals surface area contributed by atoms with Crippen molar-refractivity contribution < 1.29 is 47.4 Å². The normalized spacial score (nSPS) is 18.4. The Morgan fingerprint density at radius 3 is 2.39 bits per heavy atom. The van der Waals surface area contributed by atoms with Crippen molar-refractivity contribution in [2.75, 3.05) is 55.7 Å². The molecule has 372 valence electrons. The summed E-state index contributed by atoms with van der Waals surface area (Å²) in [6, 6.07) is 19.8. The maximum absolute atomic E-state index is 13.6. The van der Waals surface area contributed by atoms with Crippen LogP contribution in [0.2, 0.25) is 0 Å². The zero-order chi connectivity index (χ0) is 50.3. The number of nitrogens with one attached hydrogen (secondary N) is 3. The first-order valence-corrected chi connectivity index (χ1v) is 23.7. The number of rotatable bonds is 16. The number of amides is 6. The van der Waals surface area contributed by atoms with Crippen molar-refractivity contribution in [2.24, 2.45) is 0 Å². The summed E-state index contributed by atoms with van der Waals surface area (Å²) in [5.41, 5.74) is 8.77. The predicted octanol–water partition coefficient (Wildman–Crippen LogP) is 3.96. The molecule has 4 aliphatic heterocycles. The molecule has 4 aliphatic rings. The lowest BCUT2D eigenvalue weighted by Crippen LogP contribution is -2.54. The second kappa shape index (κ2) is 21.9. The van der Waals surface area contributed by atoms with Gasteiger partial charge in [0.25, 0.3) is 17.7 Å². The number of likely N-dealkylation sites (tertiary alicyclic amines) is 2. The third kappa shape index (κ3) is 11.5. The van der Waals surface area contributed by atoms with Crippen molar-refractivity contribution in [3.05, 3.63) is 132 Å². The van der Waals surface area contributed by atoms with Crippen LogP contribution >= 0.6 is 0 Å². The number of halogens is 1. The van der Waals surface area contributed by atoms with Gasteiger partial charge in [0.05, 0.1) is 43.3 Å². The smallest absolute Gasteiger partial charge is 0.361 e. The Morgan fingerprint density at radius 2 is 1.64 bits per heavy atom. The van der Waals surface area contributed by atoms with Gasteiger partial charge >= 0.3 is 5.97 Å². The number of imide groups is 2. The number of esters is 1. The summed E-state index contributed by atoms with van der Waals surface area (Å²) in [5, 5.41) is 12.4. The minimum atomic E-state index is -1.38. The van der Waals surface area contributed by atoms with Crippen LogP contribution in [-0.4, -0.2) is 127 Å². The van der Waals surface area contributed by atoms with Crippen molar-refractivity contribution in [3.8, 4) is 11.3 Å². The number of benzene rings is 3. The van der Waals surface area contributed by atoms with Crippen LogP contribution in [0.3, 0.4) is 0 Å². The first-order valence-electron chi connectivity index (χ1n) is 23.7. The molecule has 1 unspecified atom stereocenters. The van der Waals surface area contributed by atoms with E-state index in [1.54, 1.807) is 54.7 Å². The third-order valence-corrected chi connectivity index (χ3v) is 13.1. The van der Waals surface area contributed by atoms with E-state index in [0.717, 1.165) is 61.9 Å². The maximum Gasteiger partial charge on any atom is 0.361 e.